The molecule has 0 aliphatic rings. The summed E-state index contributed by atoms with van der Waals surface area (Å²) in [5.74, 6) is -0.255. The summed E-state index contributed by atoms with van der Waals surface area (Å²) in [4.78, 5) is 11.2. The van der Waals surface area contributed by atoms with Gasteiger partial charge in [0.05, 0.1) is 12.8 Å². The van der Waals surface area contributed by atoms with Crippen molar-refractivity contribution in [1.29, 1.82) is 0 Å². The summed E-state index contributed by atoms with van der Waals surface area (Å²) in [5.41, 5.74) is 3.18. The first-order valence-corrected chi connectivity index (χ1v) is 6.10. The van der Waals surface area contributed by atoms with Gasteiger partial charge < -0.3 is 10.1 Å². The molecular formula is C14H17N3O2. The van der Waals surface area contributed by atoms with Gasteiger partial charge in [-0.1, -0.05) is 24.3 Å². The smallest absolute Gasteiger partial charge is 0.322 e. The van der Waals surface area contributed by atoms with Crippen LogP contribution in [-0.2, 0) is 16.1 Å². The predicted octanol–water partition coefficient (Wildman–Crippen LogP) is 1.73. The van der Waals surface area contributed by atoms with Gasteiger partial charge in [-0.25, -0.2) is 0 Å². The second-order valence-corrected chi connectivity index (χ2v) is 4.29. The number of hydrogen-bond acceptors (Lipinski definition) is 4. The predicted molar refractivity (Wildman–Crippen MR) is 72.3 cm³/mol. The van der Waals surface area contributed by atoms with Gasteiger partial charge in [-0.05, 0) is 24.1 Å². The van der Waals surface area contributed by atoms with Crippen LogP contribution in [0.25, 0.3) is 11.3 Å². The summed E-state index contributed by atoms with van der Waals surface area (Å²) in [7, 11) is 1.39. The first-order chi connectivity index (χ1) is 9.20. The maximum absolute atomic E-state index is 11.2. The molecule has 19 heavy (non-hydrogen) atoms. The van der Waals surface area contributed by atoms with Crippen molar-refractivity contribution in [3.05, 3.63) is 42.1 Å². The third-order valence-corrected chi connectivity index (χ3v) is 2.93. The lowest BCUT2D eigenvalue weighted by Gasteiger charge is -2.11. The van der Waals surface area contributed by atoms with E-state index in [0.717, 1.165) is 16.8 Å². The summed E-state index contributed by atoms with van der Waals surface area (Å²) in [6.07, 6.45) is 1.73. The molecule has 2 aromatic rings. The van der Waals surface area contributed by atoms with E-state index in [1.165, 1.54) is 7.11 Å². The number of ether oxygens (including phenoxy) is 1. The monoisotopic (exact) mass is 259 g/mol. The van der Waals surface area contributed by atoms with E-state index < -0.39 is 0 Å². The Morgan fingerprint density at radius 2 is 2.11 bits per heavy atom. The molecule has 0 radical (unpaired) electrons. The average Bonchev–Trinajstić information content (AvgIpc) is 2.98. The molecule has 5 nitrogen and oxygen atoms in total. The Bertz CT molecular complexity index is 520. The lowest BCUT2D eigenvalue weighted by Crippen LogP contribution is -2.34. The van der Waals surface area contributed by atoms with Gasteiger partial charge in [0, 0.05) is 12.7 Å². The van der Waals surface area contributed by atoms with E-state index in [-0.39, 0.29) is 12.0 Å². The largest absolute Gasteiger partial charge is 0.468 e. The second kappa shape index (κ2) is 6.15. The standard InChI is InChI=1S/C14H17N3O2/c1-10(14(18)19-2)15-9-11-3-5-12(6-4-11)13-7-8-16-17-13/h3-8,10,15H,9H2,1-2H3,(H,16,17). The van der Waals surface area contributed by atoms with Gasteiger partial charge in [0.2, 0.25) is 0 Å². The highest BCUT2D eigenvalue weighted by Crippen LogP contribution is 2.16. The SMILES string of the molecule is COC(=O)C(C)NCc1ccc(-c2ccn[nH]2)cc1. The fraction of sp³-hybridized carbons (Fsp3) is 0.286. The summed E-state index contributed by atoms with van der Waals surface area (Å²) in [6, 6.07) is 9.70. The molecule has 1 unspecified atom stereocenters. The van der Waals surface area contributed by atoms with Gasteiger partial charge in [0.15, 0.2) is 0 Å². The molecule has 100 valence electrons. The molecule has 0 spiro atoms. The Morgan fingerprint density at radius 1 is 1.37 bits per heavy atom. The summed E-state index contributed by atoms with van der Waals surface area (Å²) < 4.78 is 4.66. The molecular weight excluding hydrogens is 242 g/mol. The first kappa shape index (κ1) is 13.3. The van der Waals surface area contributed by atoms with Crippen molar-refractivity contribution in [3.8, 4) is 11.3 Å². The van der Waals surface area contributed by atoms with Crippen LogP contribution in [0.5, 0.6) is 0 Å². The van der Waals surface area contributed by atoms with E-state index in [0.29, 0.717) is 6.54 Å². The number of nitrogens with one attached hydrogen (secondary N) is 2. The van der Waals surface area contributed by atoms with Gasteiger partial charge in [0.1, 0.15) is 6.04 Å². The lowest BCUT2D eigenvalue weighted by molar-refractivity contribution is -0.142. The molecule has 1 aromatic carbocycles. The van der Waals surface area contributed by atoms with Crippen LogP contribution < -0.4 is 5.32 Å². The zero-order valence-electron chi connectivity index (χ0n) is 11.0. The van der Waals surface area contributed by atoms with Crippen molar-refractivity contribution in [3.63, 3.8) is 0 Å². The van der Waals surface area contributed by atoms with Crippen molar-refractivity contribution in [1.82, 2.24) is 15.5 Å². The number of esters is 1. The van der Waals surface area contributed by atoms with Crippen LogP contribution in [-0.4, -0.2) is 29.3 Å². The zero-order chi connectivity index (χ0) is 13.7. The van der Waals surface area contributed by atoms with Gasteiger partial charge in [0.25, 0.3) is 0 Å². The van der Waals surface area contributed by atoms with Crippen molar-refractivity contribution in [2.75, 3.05) is 7.11 Å². The lowest BCUT2D eigenvalue weighted by atomic mass is 10.1. The molecule has 0 aliphatic heterocycles. The molecule has 5 heteroatoms. The fourth-order valence-corrected chi connectivity index (χ4v) is 1.75. The maximum atomic E-state index is 11.2. The van der Waals surface area contributed by atoms with Crippen LogP contribution in [0.2, 0.25) is 0 Å². The molecule has 0 saturated heterocycles. The molecule has 1 atom stereocenters. The van der Waals surface area contributed by atoms with Crippen LogP contribution >= 0.6 is 0 Å². The van der Waals surface area contributed by atoms with Gasteiger partial charge in [-0.3, -0.25) is 9.89 Å². The van der Waals surface area contributed by atoms with Crippen LogP contribution in [0, 0.1) is 0 Å². The van der Waals surface area contributed by atoms with Gasteiger partial charge >= 0.3 is 5.97 Å². The van der Waals surface area contributed by atoms with Crippen LogP contribution in [0.1, 0.15) is 12.5 Å². The van der Waals surface area contributed by atoms with Crippen molar-refractivity contribution < 1.29 is 9.53 Å². The number of H-pyrrole nitrogens is 1. The van der Waals surface area contributed by atoms with Crippen LogP contribution in [0.4, 0.5) is 0 Å². The molecule has 1 heterocycles. The molecule has 2 N–H and O–H groups in total. The minimum Gasteiger partial charge on any atom is -0.468 e. The Kier molecular flexibility index (Phi) is 4.30. The Balaban J connectivity index is 1.94. The quantitative estimate of drug-likeness (QED) is 0.802. The van der Waals surface area contributed by atoms with E-state index in [1.807, 2.05) is 30.3 Å². The number of aromatic amines is 1. The van der Waals surface area contributed by atoms with Crippen molar-refractivity contribution >= 4 is 5.97 Å². The number of hydrogen-bond donors (Lipinski definition) is 2. The minimum atomic E-state index is -0.308. The van der Waals surface area contributed by atoms with Crippen molar-refractivity contribution in [2.24, 2.45) is 0 Å². The highest BCUT2D eigenvalue weighted by Gasteiger charge is 2.11. The molecule has 0 saturated carbocycles. The van der Waals surface area contributed by atoms with Crippen LogP contribution in [0.15, 0.2) is 36.5 Å². The molecule has 0 aliphatic carbocycles. The fourth-order valence-electron chi connectivity index (χ4n) is 1.75. The first-order valence-electron chi connectivity index (χ1n) is 6.10. The summed E-state index contributed by atoms with van der Waals surface area (Å²) in [6.45, 7) is 2.41. The molecule has 0 amide bonds. The number of rotatable bonds is 5. The normalized spacial score (nSPS) is 12.1. The summed E-state index contributed by atoms with van der Waals surface area (Å²) in [5, 5.41) is 9.95. The minimum absolute atomic E-state index is 0.255. The van der Waals surface area contributed by atoms with Crippen LogP contribution in [0.3, 0.4) is 0 Å². The Morgan fingerprint density at radius 3 is 2.68 bits per heavy atom. The molecule has 0 bridgehead atoms. The van der Waals surface area contributed by atoms with Crippen molar-refractivity contribution in [2.45, 2.75) is 19.5 Å². The average molecular weight is 259 g/mol. The zero-order valence-corrected chi connectivity index (χ0v) is 11.0. The molecule has 1 aromatic heterocycles. The highest BCUT2D eigenvalue weighted by molar-refractivity contribution is 5.75. The number of nitrogens with zero attached hydrogens (tertiary/aromatic N) is 1. The van der Waals surface area contributed by atoms with E-state index in [1.54, 1.807) is 13.1 Å². The Labute approximate surface area is 112 Å². The van der Waals surface area contributed by atoms with E-state index in [2.05, 4.69) is 20.3 Å². The van der Waals surface area contributed by atoms with E-state index >= 15 is 0 Å². The Hall–Kier alpha value is -2.14. The third-order valence-electron chi connectivity index (χ3n) is 2.93. The number of methoxy groups -OCH3 is 1. The van der Waals surface area contributed by atoms with E-state index in [4.69, 9.17) is 0 Å². The molecule has 0 fully saturated rings. The summed E-state index contributed by atoms with van der Waals surface area (Å²) >= 11 is 0. The van der Waals surface area contributed by atoms with Gasteiger partial charge in [-0.15, -0.1) is 0 Å². The van der Waals surface area contributed by atoms with Gasteiger partial charge in [-0.2, -0.15) is 5.10 Å². The number of carbonyl (C=O) groups excluding carboxylic acids is 1. The third kappa shape index (κ3) is 3.42. The second-order valence-electron chi connectivity index (χ2n) is 4.29. The highest BCUT2D eigenvalue weighted by atomic mass is 16.5. The topological polar surface area (TPSA) is 67.0 Å². The number of carbonyl (C=O) groups is 1. The number of aromatic nitrogens is 2. The maximum Gasteiger partial charge on any atom is 0.322 e. The molecule has 2 rings (SSSR count). The van der Waals surface area contributed by atoms with E-state index in [9.17, 15) is 4.79 Å². The number of benzene rings is 1.